The van der Waals surface area contributed by atoms with Crippen molar-refractivity contribution in [3.05, 3.63) is 47.8 Å². The predicted molar refractivity (Wildman–Crippen MR) is 137 cm³/mol. The van der Waals surface area contributed by atoms with Crippen LogP contribution in [0.1, 0.15) is 17.5 Å². The number of rotatable bonds is 6. The second-order valence-electron chi connectivity index (χ2n) is 8.77. The molecule has 37 heavy (non-hydrogen) atoms. The largest absolute Gasteiger partial charge is 0.454 e. The second kappa shape index (κ2) is 8.22. The molecule has 0 radical (unpaired) electrons. The van der Waals surface area contributed by atoms with E-state index in [2.05, 4.69) is 32.7 Å². The van der Waals surface area contributed by atoms with Gasteiger partial charge in [0, 0.05) is 58.5 Å². The Morgan fingerprint density at radius 2 is 1.54 bits per heavy atom. The maximum atomic E-state index is 13.3. The van der Waals surface area contributed by atoms with Gasteiger partial charge in [-0.1, -0.05) is 0 Å². The first-order chi connectivity index (χ1) is 18.1. The SMILES string of the molecule is O=C1NC(=O)C(c2cn(CCCN=C=S)c3cc4c(cc23)OCO4)=C1c1c[nH]c2cc3c(cc12)OCO3. The van der Waals surface area contributed by atoms with Crippen molar-refractivity contribution in [2.75, 3.05) is 20.1 Å². The summed E-state index contributed by atoms with van der Waals surface area (Å²) in [6.07, 6.45) is 4.33. The van der Waals surface area contributed by atoms with Gasteiger partial charge in [0.2, 0.25) is 13.6 Å². The zero-order valence-electron chi connectivity index (χ0n) is 19.3. The maximum Gasteiger partial charge on any atom is 0.259 e. The summed E-state index contributed by atoms with van der Waals surface area (Å²) in [7, 11) is 0. The van der Waals surface area contributed by atoms with E-state index in [1.807, 2.05) is 35.0 Å². The topological polar surface area (TPSA) is 116 Å². The van der Waals surface area contributed by atoms with Crippen LogP contribution in [0.4, 0.5) is 0 Å². The van der Waals surface area contributed by atoms with E-state index in [9.17, 15) is 9.59 Å². The highest BCUT2D eigenvalue weighted by Crippen LogP contribution is 2.44. The monoisotopic (exact) mass is 514 g/mol. The second-order valence-corrected chi connectivity index (χ2v) is 8.95. The summed E-state index contributed by atoms with van der Waals surface area (Å²) < 4.78 is 24.3. The maximum absolute atomic E-state index is 13.3. The van der Waals surface area contributed by atoms with Gasteiger partial charge in [0.1, 0.15) is 0 Å². The number of carbonyl (C=O) groups is 2. The van der Waals surface area contributed by atoms with Gasteiger partial charge in [0.15, 0.2) is 23.0 Å². The minimum atomic E-state index is -0.462. The van der Waals surface area contributed by atoms with Gasteiger partial charge < -0.3 is 28.5 Å². The molecule has 0 aliphatic carbocycles. The van der Waals surface area contributed by atoms with Gasteiger partial charge in [0.25, 0.3) is 11.8 Å². The van der Waals surface area contributed by atoms with Gasteiger partial charge in [-0.15, -0.1) is 0 Å². The molecule has 0 atom stereocenters. The molecule has 184 valence electrons. The lowest BCUT2D eigenvalue weighted by molar-refractivity contribution is -0.122. The van der Waals surface area contributed by atoms with Crippen LogP contribution in [0.25, 0.3) is 33.0 Å². The molecule has 2 amide bonds. The van der Waals surface area contributed by atoms with E-state index in [1.54, 1.807) is 6.20 Å². The first-order valence-corrected chi connectivity index (χ1v) is 12.0. The van der Waals surface area contributed by atoms with Crippen LogP contribution in [0.15, 0.2) is 41.7 Å². The summed E-state index contributed by atoms with van der Waals surface area (Å²) in [4.78, 5) is 33.6. The fraction of sp³-hybridized carbons (Fsp3) is 0.192. The quantitative estimate of drug-likeness (QED) is 0.175. The Morgan fingerprint density at radius 3 is 2.27 bits per heavy atom. The summed E-state index contributed by atoms with van der Waals surface area (Å²) in [6, 6.07) is 7.39. The molecule has 2 N–H and O–H groups in total. The lowest BCUT2D eigenvalue weighted by atomic mass is 9.95. The van der Waals surface area contributed by atoms with E-state index in [-0.39, 0.29) is 19.2 Å². The van der Waals surface area contributed by atoms with Crippen molar-refractivity contribution in [3.8, 4) is 23.0 Å². The first kappa shape index (κ1) is 21.7. The number of carbonyl (C=O) groups excluding carboxylic acids is 2. The number of benzene rings is 2. The number of imide groups is 1. The summed E-state index contributed by atoms with van der Waals surface area (Å²) in [6.45, 7) is 1.40. The number of hydrogen-bond acceptors (Lipinski definition) is 8. The highest BCUT2D eigenvalue weighted by atomic mass is 32.1. The molecule has 0 saturated carbocycles. The fourth-order valence-corrected chi connectivity index (χ4v) is 5.21. The number of H-pyrrole nitrogens is 1. The molecule has 2 aromatic carbocycles. The molecule has 0 spiro atoms. The molecule has 5 heterocycles. The van der Waals surface area contributed by atoms with Crippen molar-refractivity contribution in [3.63, 3.8) is 0 Å². The normalized spacial score (nSPS) is 15.7. The molecular formula is C26H18N4O6S. The lowest BCUT2D eigenvalue weighted by Gasteiger charge is -2.04. The van der Waals surface area contributed by atoms with Crippen molar-refractivity contribution >= 4 is 62.1 Å². The number of aromatic amines is 1. The van der Waals surface area contributed by atoms with E-state index in [4.69, 9.17) is 18.9 Å². The zero-order chi connectivity index (χ0) is 25.1. The number of isothiocyanates is 1. The molecule has 3 aliphatic rings. The molecule has 10 nitrogen and oxygen atoms in total. The molecule has 4 aromatic rings. The van der Waals surface area contributed by atoms with Crippen molar-refractivity contribution in [2.45, 2.75) is 13.0 Å². The Kier molecular flexibility index (Phi) is 4.82. The van der Waals surface area contributed by atoms with Gasteiger partial charge in [-0.05, 0) is 30.8 Å². The number of amides is 2. The van der Waals surface area contributed by atoms with Crippen molar-refractivity contribution in [1.82, 2.24) is 14.9 Å². The van der Waals surface area contributed by atoms with Gasteiger partial charge >= 0.3 is 0 Å². The number of aromatic nitrogens is 2. The number of hydrogen-bond donors (Lipinski definition) is 2. The number of nitrogens with one attached hydrogen (secondary N) is 2. The Hall–Kier alpha value is -4.60. The van der Waals surface area contributed by atoms with E-state index in [1.165, 1.54) is 0 Å². The Morgan fingerprint density at radius 1 is 0.892 bits per heavy atom. The van der Waals surface area contributed by atoms with Crippen LogP contribution >= 0.6 is 12.2 Å². The number of thiocarbonyl (C=S) groups is 1. The van der Waals surface area contributed by atoms with Crippen LogP contribution < -0.4 is 24.3 Å². The summed E-state index contributed by atoms with van der Waals surface area (Å²) in [5.41, 5.74) is 3.43. The minimum absolute atomic E-state index is 0.124. The van der Waals surface area contributed by atoms with Crippen molar-refractivity contribution < 1.29 is 28.5 Å². The van der Waals surface area contributed by atoms with E-state index >= 15 is 0 Å². The van der Waals surface area contributed by atoms with Crippen LogP contribution in [0.2, 0.25) is 0 Å². The number of aryl methyl sites for hydroxylation is 1. The Labute approximate surface area is 214 Å². The fourth-order valence-electron chi connectivity index (χ4n) is 5.12. The Balaban J connectivity index is 1.44. The van der Waals surface area contributed by atoms with Gasteiger partial charge in [0.05, 0.1) is 28.4 Å². The first-order valence-electron chi connectivity index (χ1n) is 11.6. The van der Waals surface area contributed by atoms with Gasteiger partial charge in [-0.25, -0.2) is 4.99 Å². The molecule has 3 aliphatic heterocycles. The van der Waals surface area contributed by atoms with Crippen LogP contribution in [-0.4, -0.2) is 46.7 Å². The minimum Gasteiger partial charge on any atom is -0.454 e. The molecule has 0 unspecified atom stereocenters. The molecule has 11 heteroatoms. The molecular weight excluding hydrogens is 496 g/mol. The standard InChI is InChI=1S/C26H18N4O6S/c31-25-23(15-8-28-17-6-21-19(4-13(15)17)33-11-35-21)24(26(32)29-25)16-9-30(3-1-2-27-10-37)18-7-22-20(5-14(16)18)34-12-36-22/h4-9,28H,1-3,11-12H2,(H,29,31,32). The highest BCUT2D eigenvalue weighted by molar-refractivity contribution is 7.78. The smallest absolute Gasteiger partial charge is 0.259 e. The third-order valence-corrected chi connectivity index (χ3v) is 6.88. The van der Waals surface area contributed by atoms with Crippen LogP contribution in [0, 0.1) is 0 Å². The molecule has 0 fully saturated rings. The van der Waals surface area contributed by atoms with Crippen LogP contribution in [-0.2, 0) is 16.1 Å². The third kappa shape index (κ3) is 3.32. The third-order valence-electron chi connectivity index (χ3n) is 6.75. The Bertz CT molecular complexity index is 1740. The molecule has 0 saturated heterocycles. The van der Waals surface area contributed by atoms with Gasteiger partial charge in [-0.3, -0.25) is 14.9 Å². The number of fused-ring (bicyclic) bond motifs is 4. The molecule has 7 rings (SSSR count). The summed E-state index contributed by atoms with van der Waals surface area (Å²) in [5.74, 6) is 1.50. The molecule has 2 aromatic heterocycles. The highest BCUT2D eigenvalue weighted by Gasteiger charge is 2.36. The lowest BCUT2D eigenvalue weighted by Crippen LogP contribution is -2.22. The number of nitrogens with zero attached hydrogens (tertiary/aromatic N) is 2. The average molecular weight is 515 g/mol. The van der Waals surface area contributed by atoms with E-state index < -0.39 is 11.8 Å². The summed E-state index contributed by atoms with van der Waals surface area (Å²) >= 11 is 4.67. The summed E-state index contributed by atoms with van der Waals surface area (Å²) in [5, 5.41) is 6.39. The zero-order valence-corrected chi connectivity index (χ0v) is 20.1. The van der Waals surface area contributed by atoms with Crippen molar-refractivity contribution in [1.29, 1.82) is 0 Å². The predicted octanol–water partition coefficient (Wildman–Crippen LogP) is 3.64. The van der Waals surface area contributed by atoms with Crippen molar-refractivity contribution in [2.24, 2.45) is 4.99 Å². The van der Waals surface area contributed by atoms with Crippen LogP contribution in [0.5, 0.6) is 23.0 Å². The van der Waals surface area contributed by atoms with Gasteiger partial charge in [-0.2, -0.15) is 0 Å². The van der Waals surface area contributed by atoms with E-state index in [0.29, 0.717) is 59.2 Å². The number of ether oxygens (including phenoxy) is 4. The van der Waals surface area contributed by atoms with Crippen LogP contribution in [0.3, 0.4) is 0 Å². The van der Waals surface area contributed by atoms with E-state index in [0.717, 1.165) is 21.8 Å². The number of aliphatic imine (C=N–C) groups is 1. The average Bonchev–Trinajstić information content (AvgIpc) is 3.70. The molecule has 0 bridgehead atoms.